The number of hydrogen-bond donors (Lipinski definition) is 0. The molecule has 0 aromatic heterocycles. The fraction of sp³-hybridized carbons (Fsp3) is 0.0909. The summed E-state index contributed by atoms with van der Waals surface area (Å²) in [5.41, 5.74) is 3.02. The minimum absolute atomic E-state index is 0.236. The number of carbonyl (C=O) groups is 2. The molecule has 0 aliphatic carbocycles. The van der Waals surface area contributed by atoms with Crippen LogP contribution in [-0.2, 0) is 0 Å². The molecule has 0 N–H and O–H groups in total. The van der Waals surface area contributed by atoms with Crippen molar-refractivity contribution in [2.24, 2.45) is 0 Å². The van der Waals surface area contributed by atoms with Crippen LogP contribution >= 0.6 is 11.8 Å². The molecule has 1 aliphatic heterocycles. The Bertz CT molecular complexity index is 932. The maximum atomic E-state index is 13.0. The zero-order valence-electron chi connectivity index (χ0n) is 14.3. The van der Waals surface area contributed by atoms with Crippen molar-refractivity contribution in [1.82, 2.24) is 4.90 Å². The number of imide groups is 1. The third-order valence-corrected chi connectivity index (χ3v) is 5.66. The van der Waals surface area contributed by atoms with Gasteiger partial charge in [0.15, 0.2) is 0 Å². The van der Waals surface area contributed by atoms with Crippen LogP contribution < -0.4 is 0 Å². The van der Waals surface area contributed by atoms with E-state index in [1.165, 1.54) is 16.7 Å². The smallest absolute Gasteiger partial charge is 0.262 e. The predicted molar refractivity (Wildman–Crippen MR) is 103 cm³/mol. The molecule has 1 heterocycles. The van der Waals surface area contributed by atoms with Crippen molar-refractivity contribution >= 4 is 23.6 Å². The van der Waals surface area contributed by atoms with Crippen LogP contribution in [0.25, 0.3) is 0 Å². The van der Waals surface area contributed by atoms with Crippen LogP contribution in [-0.4, -0.2) is 16.7 Å². The molecule has 1 unspecified atom stereocenters. The SMILES string of the molecule is Cc1ccc(C(Sc2ccccc2)N2C(=O)c3ccccc3C2=O)cc1. The third-order valence-electron chi connectivity index (χ3n) is 4.41. The Kier molecular flexibility index (Phi) is 4.35. The number of amides is 2. The number of hydrogen-bond acceptors (Lipinski definition) is 3. The summed E-state index contributed by atoms with van der Waals surface area (Å²) >= 11 is 1.51. The first-order valence-electron chi connectivity index (χ1n) is 8.40. The van der Waals surface area contributed by atoms with E-state index in [9.17, 15) is 9.59 Å². The maximum Gasteiger partial charge on any atom is 0.262 e. The molecule has 0 radical (unpaired) electrons. The standard InChI is InChI=1S/C22H17NO2S/c1-15-11-13-16(14-12-15)22(26-17-7-3-2-4-8-17)23-20(24)18-9-5-6-10-19(18)21(23)25/h2-14,22H,1H3. The quantitative estimate of drug-likeness (QED) is 0.481. The molecule has 3 aromatic carbocycles. The second kappa shape index (κ2) is 6.81. The van der Waals surface area contributed by atoms with Gasteiger partial charge in [0.2, 0.25) is 0 Å². The van der Waals surface area contributed by atoms with E-state index in [1.54, 1.807) is 24.3 Å². The molecule has 0 saturated heterocycles. The highest BCUT2D eigenvalue weighted by Crippen LogP contribution is 2.42. The molecule has 0 bridgehead atoms. The summed E-state index contributed by atoms with van der Waals surface area (Å²) in [5.74, 6) is -0.473. The summed E-state index contributed by atoms with van der Waals surface area (Å²) in [6, 6.07) is 24.8. The predicted octanol–water partition coefficient (Wildman–Crippen LogP) is 5.08. The van der Waals surface area contributed by atoms with Gasteiger partial charge in [-0.15, -0.1) is 0 Å². The van der Waals surface area contributed by atoms with Gasteiger partial charge >= 0.3 is 0 Å². The highest BCUT2D eigenvalue weighted by atomic mass is 32.2. The Hall–Kier alpha value is -2.85. The second-order valence-corrected chi connectivity index (χ2v) is 7.37. The van der Waals surface area contributed by atoms with Crippen molar-refractivity contribution in [3.63, 3.8) is 0 Å². The van der Waals surface area contributed by atoms with Gasteiger partial charge in [-0.25, -0.2) is 0 Å². The Morgan fingerprint density at radius 3 is 1.85 bits per heavy atom. The normalized spacial score (nSPS) is 14.4. The maximum absolute atomic E-state index is 13.0. The van der Waals surface area contributed by atoms with Gasteiger partial charge in [-0.05, 0) is 36.8 Å². The van der Waals surface area contributed by atoms with E-state index in [2.05, 4.69) is 0 Å². The van der Waals surface area contributed by atoms with Crippen LogP contribution in [0.15, 0.2) is 83.8 Å². The lowest BCUT2D eigenvalue weighted by Gasteiger charge is -2.26. The van der Waals surface area contributed by atoms with Crippen LogP contribution in [0.4, 0.5) is 0 Å². The highest BCUT2D eigenvalue weighted by Gasteiger charge is 2.40. The van der Waals surface area contributed by atoms with Gasteiger partial charge in [0.25, 0.3) is 11.8 Å². The van der Waals surface area contributed by atoms with E-state index in [1.807, 2.05) is 61.5 Å². The monoisotopic (exact) mass is 359 g/mol. The van der Waals surface area contributed by atoms with Gasteiger partial charge < -0.3 is 0 Å². The van der Waals surface area contributed by atoms with Crippen molar-refractivity contribution in [1.29, 1.82) is 0 Å². The van der Waals surface area contributed by atoms with Gasteiger partial charge in [0, 0.05) is 4.90 Å². The van der Waals surface area contributed by atoms with Crippen molar-refractivity contribution in [3.05, 3.63) is 101 Å². The lowest BCUT2D eigenvalue weighted by atomic mass is 10.1. The Balaban J connectivity index is 1.77. The molecule has 26 heavy (non-hydrogen) atoms. The van der Waals surface area contributed by atoms with Crippen LogP contribution in [0.5, 0.6) is 0 Å². The molecule has 4 heteroatoms. The minimum Gasteiger partial charge on any atom is -0.269 e. The number of thioether (sulfide) groups is 1. The third kappa shape index (κ3) is 2.93. The van der Waals surface area contributed by atoms with E-state index < -0.39 is 5.37 Å². The molecule has 0 spiro atoms. The average molecular weight is 359 g/mol. The Morgan fingerprint density at radius 2 is 1.27 bits per heavy atom. The number of benzene rings is 3. The molecule has 0 saturated carbocycles. The Labute approximate surface area is 156 Å². The van der Waals surface area contributed by atoms with Gasteiger partial charge in [-0.3, -0.25) is 14.5 Å². The van der Waals surface area contributed by atoms with E-state index in [-0.39, 0.29) is 11.8 Å². The lowest BCUT2D eigenvalue weighted by molar-refractivity contribution is 0.0636. The molecule has 1 aliphatic rings. The molecule has 4 rings (SSSR count). The summed E-state index contributed by atoms with van der Waals surface area (Å²) in [6.07, 6.45) is 0. The first-order chi connectivity index (χ1) is 12.6. The first-order valence-corrected chi connectivity index (χ1v) is 9.28. The van der Waals surface area contributed by atoms with Crippen molar-refractivity contribution < 1.29 is 9.59 Å². The number of nitrogens with zero attached hydrogens (tertiary/aromatic N) is 1. The van der Waals surface area contributed by atoms with E-state index >= 15 is 0 Å². The van der Waals surface area contributed by atoms with Gasteiger partial charge in [0.1, 0.15) is 5.37 Å². The van der Waals surface area contributed by atoms with E-state index in [4.69, 9.17) is 0 Å². The number of rotatable bonds is 4. The summed E-state index contributed by atoms with van der Waals surface area (Å²) in [4.78, 5) is 28.3. The summed E-state index contributed by atoms with van der Waals surface area (Å²) in [5, 5.41) is -0.412. The molecule has 1 atom stereocenters. The molecule has 2 amide bonds. The fourth-order valence-corrected chi connectivity index (χ4v) is 4.21. The zero-order valence-corrected chi connectivity index (χ0v) is 15.1. The number of carbonyl (C=O) groups excluding carboxylic acids is 2. The second-order valence-electron chi connectivity index (χ2n) is 6.22. The van der Waals surface area contributed by atoms with Crippen molar-refractivity contribution in [3.8, 4) is 0 Å². The van der Waals surface area contributed by atoms with Crippen molar-refractivity contribution in [2.75, 3.05) is 0 Å². The lowest BCUT2D eigenvalue weighted by Crippen LogP contribution is -2.32. The van der Waals surface area contributed by atoms with E-state index in [0.717, 1.165) is 16.0 Å². The first kappa shape index (κ1) is 16.6. The van der Waals surface area contributed by atoms with Crippen LogP contribution in [0.1, 0.15) is 37.2 Å². The van der Waals surface area contributed by atoms with Crippen molar-refractivity contribution in [2.45, 2.75) is 17.2 Å². The zero-order chi connectivity index (χ0) is 18.1. The highest BCUT2D eigenvalue weighted by molar-refractivity contribution is 7.99. The summed E-state index contributed by atoms with van der Waals surface area (Å²) < 4.78 is 0. The molecular formula is C22H17NO2S. The molecule has 128 valence electrons. The van der Waals surface area contributed by atoms with Gasteiger partial charge in [-0.2, -0.15) is 0 Å². The summed E-state index contributed by atoms with van der Waals surface area (Å²) in [6.45, 7) is 2.02. The largest absolute Gasteiger partial charge is 0.269 e. The van der Waals surface area contributed by atoms with Crippen LogP contribution in [0.3, 0.4) is 0 Å². The minimum atomic E-state index is -0.412. The number of fused-ring (bicyclic) bond motifs is 1. The van der Waals surface area contributed by atoms with Gasteiger partial charge in [-0.1, -0.05) is 71.9 Å². The van der Waals surface area contributed by atoms with E-state index in [0.29, 0.717) is 11.1 Å². The Morgan fingerprint density at radius 1 is 0.731 bits per heavy atom. The fourth-order valence-electron chi connectivity index (χ4n) is 3.05. The molecule has 0 fully saturated rings. The number of aryl methyl sites for hydroxylation is 1. The topological polar surface area (TPSA) is 37.4 Å². The van der Waals surface area contributed by atoms with Crippen LogP contribution in [0.2, 0.25) is 0 Å². The molecule has 3 nitrogen and oxygen atoms in total. The van der Waals surface area contributed by atoms with Crippen LogP contribution in [0, 0.1) is 6.92 Å². The average Bonchev–Trinajstić information content (AvgIpc) is 2.93. The van der Waals surface area contributed by atoms with Gasteiger partial charge in [0.05, 0.1) is 11.1 Å². The molecule has 3 aromatic rings. The summed E-state index contributed by atoms with van der Waals surface area (Å²) in [7, 11) is 0. The molecular weight excluding hydrogens is 342 g/mol.